The van der Waals surface area contributed by atoms with E-state index in [1.54, 1.807) is 11.0 Å². The average Bonchev–Trinajstić information content (AvgIpc) is 3.29. The molecule has 2 saturated heterocycles. The summed E-state index contributed by atoms with van der Waals surface area (Å²) in [6.45, 7) is 0.0665. The summed E-state index contributed by atoms with van der Waals surface area (Å²) in [5.41, 5.74) is -0.411. The van der Waals surface area contributed by atoms with E-state index >= 15 is 0 Å². The molecule has 2 bridgehead atoms. The Morgan fingerprint density at radius 3 is 2.32 bits per heavy atom. The Hall–Kier alpha value is -1.56. The van der Waals surface area contributed by atoms with Crippen LogP contribution < -0.4 is 5.32 Å². The number of hydrogen-bond acceptors (Lipinski definition) is 2. The number of alkyl halides is 3. The number of benzene rings is 1. The number of halogens is 3. The lowest BCUT2D eigenvalue weighted by atomic mass is 9.89. The SMILES string of the molecule is O=C(CC1CC2CCC(C1)N2)N(Cc1ccccc1C(F)(F)F)C1CCCC1. The maximum atomic E-state index is 13.4. The van der Waals surface area contributed by atoms with Crippen molar-refractivity contribution in [2.45, 2.75) is 88.6 Å². The molecule has 3 fully saturated rings. The van der Waals surface area contributed by atoms with Crippen LogP contribution in [0, 0.1) is 5.92 Å². The van der Waals surface area contributed by atoms with Gasteiger partial charge in [0.05, 0.1) is 5.56 Å². The van der Waals surface area contributed by atoms with Crippen LogP contribution in [0.5, 0.6) is 0 Å². The van der Waals surface area contributed by atoms with Crippen LogP contribution in [0.4, 0.5) is 13.2 Å². The van der Waals surface area contributed by atoms with E-state index in [-0.39, 0.29) is 24.1 Å². The van der Waals surface area contributed by atoms with Crippen LogP contribution in [0.25, 0.3) is 0 Å². The number of rotatable bonds is 5. The summed E-state index contributed by atoms with van der Waals surface area (Å²) in [4.78, 5) is 15.0. The smallest absolute Gasteiger partial charge is 0.335 e. The lowest BCUT2D eigenvalue weighted by Crippen LogP contribution is -2.43. The Bertz CT molecular complexity index is 687. The van der Waals surface area contributed by atoms with Crippen LogP contribution in [0.1, 0.15) is 68.9 Å². The van der Waals surface area contributed by atoms with Crippen molar-refractivity contribution in [3.8, 4) is 0 Å². The Morgan fingerprint density at radius 1 is 1.04 bits per heavy atom. The van der Waals surface area contributed by atoms with E-state index in [4.69, 9.17) is 0 Å². The van der Waals surface area contributed by atoms with Gasteiger partial charge in [0, 0.05) is 31.1 Å². The highest BCUT2D eigenvalue weighted by Crippen LogP contribution is 2.36. The largest absolute Gasteiger partial charge is 0.416 e. The van der Waals surface area contributed by atoms with Crippen LogP contribution in [0.15, 0.2) is 24.3 Å². The molecule has 1 amide bonds. The zero-order valence-corrected chi connectivity index (χ0v) is 16.2. The third-order valence-electron chi connectivity index (χ3n) is 6.78. The molecule has 6 heteroatoms. The molecule has 4 rings (SSSR count). The number of amides is 1. The van der Waals surface area contributed by atoms with Crippen molar-refractivity contribution in [3.05, 3.63) is 35.4 Å². The molecule has 1 saturated carbocycles. The highest BCUT2D eigenvalue weighted by atomic mass is 19.4. The topological polar surface area (TPSA) is 32.3 Å². The fourth-order valence-electron chi connectivity index (χ4n) is 5.46. The molecule has 2 unspecified atom stereocenters. The number of hydrogen-bond donors (Lipinski definition) is 1. The molecular formula is C22H29F3N2O. The van der Waals surface area contributed by atoms with Gasteiger partial charge >= 0.3 is 6.18 Å². The van der Waals surface area contributed by atoms with Crippen LogP contribution in [-0.4, -0.2) is 28.9 Å². The normalized spacial score (nSPS) is 27.9. The summed E-state index contributed by atoms with van der Waals surface area (Å²) in [6, 6.07) is 6.79. The van der Waals surface area contributed by atoms with Gasteiger partial charge in [-0.3, -0.25) is 4.79 Å². The van der Waals surface area contributed by atoms with Gasteiger partial charge in [0.2, 0.25) is 5.91 Å². The van der Waals surface area contributed by atoms with E-state index in [0.717, 1.165) is 44.6 Å². The van der Waals surface area contributed by atoms with Gasteiger partial charge in [-0.15, -0.1) is 0 Å². The van der Waals surface area contributed by atoms with E-state index in [2.05, 4.69) is 5.32 Å². The highest BCUT2D eigenvalue weighted by molar-refractivity contribution is 5.77. The number of carbonyl (C=O) groups excluding carboxylic acids is 1. The first kappa shape index (κ1) is 19.7. The number of piperidine rings is 1. The Labute approximate surface area is 164 Å². The third-order valence-corrected chi connectivity index (χ3v) is 6.78. The monoisotopic (exact) mass is 394 g/mol. The van der Waals surface area contributed by atoms with Gasteiger partial charge in [-0.25, -0.2) is 0 Å². The predicted molar refractivity (Wildman–Crippen MR) is 102 cm³/mol. The summed E-state index contributed by atoms with van der Waals surface area (Å²) >= 11 is 0. The summed E-state index contributed by atoms with van der Waals surface area (Å²) in [5, 5.41) is 3.59. The fourth-order valence-corrected chi connectivity index (χ4v) is 5.46. The van der Waals surface area contributed by atoms with Gasteiger partial charge in [0.15, 0.2) is 0 Å². The highest BCUT2D eigenvalue weighted by Gasteiger charge is 2.37. The molecule has 28 heavy (non-hydrogen) atoms. The second kappa shape index (κ2) is 8.05. The Morgan fingerprint density at radius 2 is 1.68 bits per heavy atom. The van der Waals surface area contributed by atoms with Gasteiger partial charge in [0.25, 0.3) is 0 Å². The minimum atomic E-state index is -4.39. The molecule has 3 aliphatic rings. The average molecular weight is 394 g/mol. The van der Waals surface area contributed by atoms with E-state index in [9.17, 15) is 18.0 Å². The third kappa shape index (κ3) is 4.37. The minimum absolute atomic E-state index is 0.0372. The molecular weight excluding hydrogens is 365 g/mol. The van der Waals surface area contributed by atoms with Crippen molar-refractivity contribution in [3.63, 3.8) is 0 Å². The molecule has 3 nitrogen and oxygen atoms in total. The molecule has 1 aromatic rings. The number of nitrogens with one attached hydrogen (secondary N) is 1. The van der Waals surface area contributed by atoms with Crippen molar-refractivity contribution in [2.75, 3.05) is 0 Å². The van der Waals surface area contributed by atoms with Crippen molar-refractivity contribution >= 4 is 5.91 Å². The van der Waals surface area contributed by atoms with Crippen molar-refractivity contribution in [1.29, 1.82) is 0 Å². The Kier molecular flexibility index (Phi) is 5.68. The van der Waals surface area contributed by atoms with Crippen LogP contribution in [0.3, 0.4) is 0 Å². The van der Waals surface area contributed by atoms with Gasteiger partial charge in [-0.05, 0) is 56.1 Å². The van der Waals surface area contributed by atoms with Crippen molar-refractivity contribution in [2.24, 2.45) is 5.92 Å². The van der Waals surface area contributed by atoms with E-state index < -0.39 is 11.7 Å². The minimum Gasteiger partial charge on any atom is -0.335 e. The maximum Gasteiger partial charge on any atom is 0.416 e. The molecule has 2 heterocycles. The van der Waals surface area contributed by atoms with E-state index in [1.165, 1.54) is 25.0 Å². The molecule has 154 valence electrons. The van der Waals surface area contributed by atoms with Gasteiger partial charge < -0.3 is 10.2 Å². The van der Waals surface area contributed by atoms with Crippen molar-refractivity contribution < 1.29 is 18.0 Å². The van der Waals surface area contributed by atoms with Gasteiger partial charge in [-0.1, -0.05) is 31.0 Å². The van der Waals surface area contributed by atoms with Gasteiger partial charge in [0.1, 0.15) is 0 Å². The predicted octanol–water partition coefficient (Wildman–Crippen LogP) is 4.90. The van der Waals surface area contributed by atoms with Gasteiger partial charge in [-0.2, -0.15) is 13.2 Å². The van der Waals surface area contributed by atoms with Crippen LogP contribution >= 0.6 is 0 Å². The fraction of sp³-hybridized carbons (Fsp3) is 0.682. The molecule has 2 atom stereocenters. The first-order chi connectivity index (χ1) is 13.4. The lowest BCUT2D eigenvalue weighted by Gasteiger charge is -2.34. The molecule has 2 aliphatic heterocycles. The zero-order valence-electron chi connectivity index (χ0n) is 16.2. The Balaban J connectivity index is 1.50. The zero-order chi connectivity index (χ0) is 19.7. The molecule has 0 aromatic heterocycles. The molecule has 1 aromatic carbocycles. The second-order valence-electron chi connectivity index (χ2n) is 8.79. The molecule has 0 spiro atoms. The summed E-state index contributed by atoms with van der Waals surface area (Å²) in [7, 11) is 0. The summed E-state index contributed by atoms with van der Waals surface area (Å²) in [5.74, 6) is 0.392. The first-order valence-electron chi connectivity index (χ1n) is 10.6. The number of nitrogens with zero attached hydrogens (tertiary/aromatic N) is 1. The molecule has 0 radical (unpaired) electrons. The van der Waals surface area contributed by atoms with E-state index in [0.29, 0.717) is 24.4 Å². The molecule has 1 N–H and O–H groups in total. The number of carbonyl (C=O) groups is 1. The first-order valence-corrected chi connectivity index (χ1v) is 10.6. The number of fused-ring (bicyclic) bond motifs is 2. The van der Waals surface area contributed by atoms with Crippen molar-refractivity contribution in [1.82, 2.24) is 10.2 Å². The quantitative estimate of drug-likeness (QED) is 0.771. The van der Waals surface area contributed by atoms with Crippen LogP contribution in [0.2, 0.25) is 0 Å². The lowest BCUT2D eigenvalue weighted by molar-refractivity contribution is -0.141. The summed E-state index contributed by atoms with van der Waals surface area (Å²) in [6.07, 6.45) is 4.37. The molecule has 1 aliphatic carbocycles. The summed E-state index contributed by atoms with van der Waals surface area (Å²) < 4.78 is 40.3. The van der Waals surface area contributed by atoms with E-state index in [1.807, 2.05) is 0 Å². The second-order valence-corrected chi connectivity index (χ2v) is 8.79. The standard InChI is InChI=1S/C22H29F3N2O/c23-22(24,25)20-8-4-1-5-16(20)14-27(19-6-2-3-7-19)21(28)13-15-11-17-9-10-18(12-15)26-17/h1,4-5,8,15,17-19,26H,2-3,6-7,9-14H2. The van der Waals surface area contributed by atoms with Crippen LogP contribution in [-0.2, 0) is 17.5 Å². The maximum absolute atomic E-state index is 13.4.